The van der Waals surface area contributed by atoms with Crippen LogP contribution < -0.4 is 5.32 Å². The van der Waals surface area contributed by atoms with Crippen molar-refractivity contribution in [1.82, 2.24) is 24.9 Å². The number of likely N-dealkylation sites (N-methyl/N-ethyl adjacent to an activating group) is 1. The number of imide groups is 1. The van der Waals surface area contributed by atoms with E-state index in [-0.39, 0.29) is 5.91 Å². The van der Waals surface area contributed by atoms with Gasteiger partial charge in [-0.2, -0.15) is 0 Å². The van der Waals surface area contributed by atoms with E-state index in [2.05, 4.69) is 63.9 Å². The number of aliphatic imine (C=N–C) groups is 1. The molecule has 0 saturated carbocycles. The molecule has 8 heteroatoms. The fraction of sp³-hybridized carbons (Fsp3) is 0.400. The minimum Gasteiger partial charge on any atom is -0.340 e. The van der Waals surface area contributed by atoms with Gasteiger partial charge in [-0.1, -0.05) is 54.6 Å². The smallest absolute Gasteiger partial charge is 0.325 e. The lowest BCUT2D eigenvalue weighted by Crippen LogP contribution is -2.64. The van der Waals surface area contributed by atoms with Gasteiger partial charge in [0, 0.05) is 46.3 Å². The van der Waals surface area contributed by atoms with Crippen molar-refractivity contribution in [3.63, 3.8) is 0 Å². The summed E-state index contributed by atoms with van der Waals surface area (Å²) in [6, 6.07) is 13.6. The van der Waals surface area contributed by atoms with Crippen LogP contribution in [-0.2, 0) is 11.3 Å². The number of rotatable bonds is 4. The molecule has 0 bridgehead atoms. The number of fused-ring (bicyclic) bond motifs is 2. The van der Waals surface area contributed by atoms with Crippen LogP contribution in [0.15, 0.2) is 59.6 Å². The number of hydrogen-bond acceptors (Lipinski definition) is 6. The Kier molecular flexibility index (Phi) is 5.54. The normalized spacial score (nSPS) is 23.6. The van der Waals surface area contributed by atoms with Crippen LogP contribution in [0.1, 0.15) is 12.5 Å². The lowest BCUT2D eigenvalue weighted by atomic mass is 10.0. The average molecular weight is 447 g/mol. The van der Waals surface area contributed by atoms with Crippen molar-refractivity contribution in [3.8, 4) is 0 Å². The monoisotopic (exact) mass is 446 g/mol. The number of benzene rings is 2. The molecule has 2 saturated heterocycles. The van der Waals surface area contributed by atoms with E-state index in [1.165, 1.54) is 4.90 Å². The summed E-state index contributed by atoms with van der Waals surface area (Å²) in [5.41, 5.74) is 2.29. The summed E-state index contributed by atoms with van der Waals surface area (Å²) in [4.78, 5) is 38.5. The van der Waals surface area contributed by atoms with E-state index in [0.717, 1.165) is 60.6 Å². The maximum absolute atomic E-state index is 13.0. The summed E-state index contributed by atoms with van der Waals surface area (Å²) in [6.45, 7) is 11.0. The second kappa shape index (κ2) is 8.51. The molecule has 2 unspecified atom stereocenters. The van der Waals surface area contributed by atoms with Crippen LogP contribution >= 0.6 is 0 Å². The quantitative estimate of drug-likeness (QED) is 0.729. The number of piperazine rings is 1. The van der Waals surface area contributed by atoms with E-state index < -0.39 is 18.2 Å². The van der Waals surface area contributed by atoms with Crippen LogP contribution in [0.5, 0.6) is 0 Å². The lowest BCUT2D eigenvalue weighted by Gasteiger charge is -2.40. The molecule has 172 valence electrons. The Bertz CT molecular complexity index is 1130. The van der Waals surface area contributed by atoms with E-state index in [1.54, 1.807) is 7.05 Å². The second-order valence-corrected chi connectivity index (χ2v) is 9.18. The SMILES string of the molecule is C=C(C)CN1CCN(C2=NC3C(C(=O)NC(=O)N3C)N2Cc2cccc3ccccc23)CC1. The highest BCUT2D eigenvalue weighted by atomic mass is 16.2. The van der Waals surface area contributed by atoms with Crippen molar-refractivity contribution in [1.29, 1.82) is 0 Å². The van der Waals surface area contributed by atoms with E-state index >= 15 is 0 Å². The summed E-state index contributed by atoms with van der Waals surface area (Å²) < 4.78 is 0. The molecule has 0 spiro atoms. The van der Waals surface area contributed by atoms with Crippen molar-refractivity contribution >= 4 is 28.7 Å². The number of nitrogens with one attached hydrogen (secondary N) is 1. The lowest BCUT2D eigenvalue weighted by molar-refractivity contribution is -0.127. The maximum atomic E-state index is 13.0. The van der Waals surface area contributed by atoms with Crippen LogP contribution in [0.3, 0.4) is 0 Å². The summed E-state index contributed by atoms with van der Waals surface area (Å²) in [6.07, 6.45) is -0.523. The van der Waals surface area contributed by atoms with Crippen LogP contribution in [0, 0.1) is 0 Å². The third-order valence-corrected chi connectivity index (χ3v) is 6.71. The fourth-order valence-corrected chi connectivity index (χ4v) is 5.05. The Morgan fingerprint density at radius 3 is 2.58 bits per heavy atom. The molecular formula is C25H30N6O2. The Morgan fingerprint density at radius 1 is 1.09 bits per heavy atom. The first-order valence-electron chi connectivity index (χ1n) is 11.4. The van der Waals surface area contributed by atoms with Crippen molar-refractivity contribution in [2.45, 2.75) is 25.7 Å². The first-order valence-corrected chi connectivity index (χ1v) is 11.4. The minimum atomic E-state index is -0.546. The van der Waals surface area contributed by atoms with Gasteiger partial charge in [-0.05, 0) is 23.3 Å². The van der Waals surface area contributed by atoms with Crippen LogP contribution in [0.2, 0.25) is 0 Å². The molecule has 3 amide bonds. The predicted octanol–water partition coefficient (Wildman–Crippen LogP) is 2.08. The van der Waals surface area contributed by atoms with Crippen LogP contribution in [0.4, 0.5) is 4.79 Å². The number of nitrogens with zero attached hydrogens (tertiary/aromatic N) is 5. The minimum absolute atomic E-state index is 0.289. The Labute approximate surface area is 194 Å². The molecule has 2 atom stereocenters. The molecule has 0 aliphatic carbocycles. The number of amides is 3. The molecular weight excluding hydrogens is 416 g/mol. The van der Waals surface area contributed by atoms with Gasteiger partial charge >= 0.3 is 6.03 Å². The van der Waals surface area contributed by atoms with Gasteiger partial charge in [-0.15, -0.1) is 0 Å². The molecule has 3 aliphatic heterocycles. The number of guanidine groups is 1. The van der Waals surface area contributed by atoms with E-state index in [9.17, 15) is 9.59 Å². The van der Waals surface area contributed by atoms with Crippen LogP contribution in [-0.4, -0.2) is 89.5 Å². The first kappa shape index (κ1) is 21.5. The molecule has 33 heavy (non-hydrogen) atoms. The number of carbonyl (C=O) groups is 2. The van der Waals surface area contributed by atoms with Gasteiger partial charge in [0.2, 0.25) is 0 Å². The molecule has 3 aliphatic rings. The highest BCUT2D eigenvalue weighted by molar-refractivity contribution is 6.03. The average Bonchev–Trinajstić information content (AvgIpc) is 3.18. The molecule has 0 aromatic heterocycles. The van der Waals surface area contributed by atoms with E-state index in [1.807, 2.05) is 12.1 Å². The zero-order chi connectivity index (χ0) is 23.1. The van der Waals surface area contributed by atoms with Crippen molar-refractivity contribution in [2.75, 3.05) is 39.8 Å². The molecule has 2 aromatic rings. The fourth-order valence-electron chi connectivity index (χ4n) is 5.05. The highest BCUT2D eigenvalue weighted by Gasteiger charge is 2.49. The second-order valence-electron chi connectivity index (χ2n) is 9.18. The maximum Gasteiger partial charge on any atom is 0.325 e. The summed E-state index contributed by atoms with van der Waals surface area (Å²) in [5.74, 6) is 0.507. The van der Waals surface area contributed by atoms with Gasteiger partial charge in [0.15, 0.2) is 18.2 Å². The van der Waals surface area contributed by atoms with Gasteiger partial charge in [-0.3, -0.25) is 15.0 Å². The van der Waals surface area contributed by atoms with Gasteiger partial charge in [-0.25, -0.2) is 9.79 Å². The molecule has 2 fully saturated rings. The van der Waals surface area contributed by atoms with Crippen molar-refractivity contribution in [2.24, 2.45) is 4.99 Å². The Balaban J connectivity index is 1.47. The molecule has 0 radical (unpaired) electrons. The molecule has 8 nitrogen and oxygen atoms in total. The molecule has 3 heterocycles. The Hall–Kier alpha value is -3.39. The number of urea groups is 1. The van der Waals surface area contributed by atoms with E-state index in [0.29, 0.717) is 6.54 Å². The standard InChI is InChI=1S/C25H30N6O2/c1-17(2)15-29-11-13-30(14-12-29)24-26-22-21(23(32)27-25(33)28(22)3)31(24)16-19-9-6-8-18-7-4-5-10-20(18)19/h4-10,21-22H,1,11-16H2,2-3H3,(H,27,32,33). The first-order chi connectivity index (χ1) is 15.9. The van der Waals surface area contributed by atoms with Gasteiger partial charge in [0.1, 0.15) is 0 Å². The third-order valence-electron chi connectivity index (χ3n) is 6.71. The van der Waals surface area contributed by atoms with Crippen LogP contribution in [0.25, 0.3) is 10.8 Å². The van der Waals surface area contributed by atoms with Crippen molar-refractivity contribution in [3.05, 3.63) is 60.2 Å². The van der Waals surface area contributed by atoms with E-state index in [4.69, 9.17) is 4.99 Å². The molecule has 2 aromatic carbocycles. The van der Waals surface area contributed by atoms with Gasteiger partial charge < -0.3 is 14.7 Å². The number of hydrogen-bond donors (Lipinski definition) is 1. The van der Waals surface area contributed by atoms with Gasteiger partial charge in [0.25, 0.3) is 5.91 Å². The number of carbonyl (C=O) groups excluding carboxylic acids is 2. The van der Waals surface area contributed by atoms with Crippen molar-refractivity contribution < 1.29 is 9.59 Å². The predicted molar refractivity (Wildman–Crippen MR) is 129 cm³/mol. The zero-order valence-corrected chi connectivity index (χ0v) is 19.2. The van der Waals surface area contributed by atoms with Gasteiger partial charge in [0.05, 0.1) is 0 Å². The topological polar surface area (TPSA) is 71.5 Å². The summed E-state index contributed by atoms with van der Waals surface area (Å²) in [5, 5.41) is 4.83. The zero-order valence-electron chi connectivity index (χ0n) is 19.2. The molecule has 1 N–H and O–H groups in total. The summed E-state index contributed by atoms with van der Waals surface area (Å²) in [7, 11) is 1.70. The largest absolute Gasteiger partial charge is 0.340 e. The highest BCUT2D eigenvalue weighted by Crippen LogP contribution is 2.29. The molecule has 5 rings (SSSR count). The Morgan fingerprint density at radius 2 is 1.82 bits per heavy atom. The summed E-state index contributed by atoms with van der Waals surface area (Å²) >= 11 is 0. The third kappa shape index (κ3) is 3.95.